The zero-order valence-electron chi connectivity index (χ0n) is 16.4. The van der Waals surface area contributed by atoms with E-state index >= 15 is 0 Å². The van der Waals surface area contributed by atoms with Crippen LogP contribution < -0.4 is 4.90 Å². The van der Waals surface area contributed by atoms with Crippen LogP contribution in [-0.2, 0) is 9.84 Å². The average molecular weight is 431 g/mol. The van der Waals surface area contributed by atoms with Gasteiger partial charge in [0.15, 0.2) is 15.0 Å². The number of benzene rings is 2. The molecule has 1 aliphatic heterocycles. The van der Waals surface area contributed by atoms with Gasteiger partial charge in [-0.1, -0.05) is 29.8 Å². The minimum atomic E-state index is -3.55. The van der Waals surface area contributed by atoms with Gasteiger partial charge in [-0.15, -0.1) is 11.3 Å². The van der Waals surface area contributed by atoms with Crippen molar-refractivity contribution in [3.8, 4) is 11.3 Å². The number of rotatable bonds is 4. The summed E-state index contributed by atoms with van der Waals surface area (Å²) in [4.78, 5) is 7.03. The van der Waals surface area contributed by atoms with E-state index in [1.54, 1.807) is 18.3 Å². The van der Waals surface area contributed by atoms with E-state index in [2.05, 4.69) is 24.0 Å². The van der Waals surface area contributed by atoms with Crippen molar-refractivity contribution in [2.75, 3.05) is 18.0 Å². The van der Waals surface area contributed by atoms with E-state index < -0.39 is 20.9 Å². The van der Waals surface area contributed by atoms with Gasteiger partial charge in [-0.25, -0.2) is 17.8 Å². The Morgan fingerprint density at radius 1 is 1.10 bits per heavy atom. The van der Waals surface area contributed by atoms with Crippen LogP contribution in [0.5, 0.6) is 0 Å². The number of halogens is 1. The van der Waals surface area contributed by atoms with Gasteiger partial charge in [0.2, 0.25) is 0 Å². The fourth-order valence-corrected chi connectivity index (χ4v) is 6.64. The lowest BCUT2D eigenvalue weighted by Gasteiger charge is -2.31. The predicted molar refractivity (Wildman–Crippen MR) is 116 cm³/mol. The molecular weight excluding hydrogens is 407 g/mol. The molecule has 29 heavy (non-hydrogen) atoms. The molecule has 1 aliphatic rings. The van der Waals surface area contributed by atoms with Crippen LogP contribution in [0.15, 0.2) is 52.7 Å². The van der Waals surface area contributed by atoms with E-state index in [1.807, 2.05) is 17.5 Å². The van der Waals surface area contributed by atoms with Gasteiger partial charge in [-0.05, 0) is 50.5 Å². The number of nitrogens with zero attached hydrogens (tertiary/aromatic N) is 2. The molecule has 0 amide bonds. The van der Waals surface area contributed by atoms with Crippen LogP contribution in [0.4, 0.5) is 9.52 Å². The highest BCUT2D eigenvalue weighted by Gasteiger charge is 2.33. The molecular formula is C22H23FN2O2S2. The largest absolute Gasteiger partial charge is 0.348 e. The zero-order valence-corrected chi connectivity index (χ0v) is 18.1. The first-order valence-electron chi connectivity index (χ1n) is 9.62. The third-order valence-corrected chi connectivity index (χ3v) is 8.72. The van der Waals surface area contributed by atoms with Crippen LogP contribution in [0.2, 0.25) is 0 Å². The Hall–Kier alpha value is -2.25. The highest BCUT2D eigenvalue weighted by molar-refractivity contribution is 7.92. The summed E-state index contributed by atoms with van der Waals surface area (Å²) in [6.45, 7) is 5.02. The van der Waals surface area contributed by atoms with Gasteiger partial charge in [0, 0.05) is 24.0 Å². The molecule has 0 atom stereocenters. The summed E-state index contributed by atoms with van der Waals surface area (Å²) in [5, 5.41) is 2.47. The van der Waals surface area contributed by atoms with Crippen LogP contribution >= 0.6 is 11.3 Å². The van der Waals surface area contributed by atoms with Crippen molar-refractivity contribution >= 4 is 26.3 Å². The van der Waals surface area contributed by atoms with Crippen LogP contribution in [0.1, 0.15) is 24.0 Å². The van der Waals surface area contributed by atoms with Crippen molar-refractivity contribution in [3.63, 3.8) is 0 Å². The summed E-state index contributed by atoms with van der Waals surface area (Å²) < 4.78 is 39.7. The molecule has 0 saturated carbocycles. The van der Waals surface area contributed by atoms with Gasteiger partial charge in [0.05, 0.1) is 15.8 Å². The van der Waals surface area contributed by atoms with Gasteiger partial charge >= 0.3 is 0 Å². The van der Waals surface area contributed by atoms with E-state index in [-0.39, 0.29) is 4.90 Å². The van der Waals surface area contributed by atoms with E-state index in [0.717, 1.165) is 22.5 Å². The maximum Gasteiger partial charge on any atom is 0.185 e. The quantitative estimate of drug-likeness (QED) is 0.584. The van der Waals surface area contributed by atoms with E-state index in [0.29, 0.717) is 31.5 Å². The maximum atomic E-state index is 13.6. The van der Waals surface area contributed by atoms with Crippen LogP contribution in [0.3, 0.4) is 0 Å². The summed E-state index contributed by atoms with van der Waals surface area (Å²) in [7, 11) is -3.55. The van der Waals surface area contributed by atoms with Gasteiger partial charge in [-0.3, -0.25) is 0 Å². The number of sulfone groups is 1. The van der Waals surface area contributed by atoms with E-state index in [4.69, 9.17) is 4.98 Å². The maximum absolute atomic E-state index is 13.6. The Bertz CT molecular complexity index is 1130. The highest BCUT2D eigenvalue weighted by atomic mass is 32.2. The fourth-order valence-electron chi connectivity index (χ4n) is 3.76. The molecule has 2 heterocycles. The molecule has 152 valence electrons. The zero-order chi connectivity index (χ0) is 20.6. The van der Waals surface area contributed by atoms with E-state index in [1.165, 1.54) is 17.7 Å². The number of aromatic nitrogens is 1. The molecule has 0 spiro atoms. The van der Waals surface area contributed by atoms with Crippen molar-refractivity contribution < 1.29 is 12.8 Å². The SMILES string of the molecule is Cc1cccc(-c2csc(N3CCC(S(=O)(=O)c4cc(F)ccc4C)CC3)n2)c1. The van der Waals surface area contributed by atoms with Crippen LogP contribution in [0, 0.1) is 19.7 Å². The Kier molecular flexibility index (Phi) is 5.44. The molecule has 1 saturated heterocycles. The fraction of sp³-hybridized carbons (Fsp3) is 0.318. The minimum absolute atomic E-state index is 0.118. The van der Waals surface area contributed by atoms with Crippen molar-refractivity contribution in [2.24, 2.45) is 0 Å². The summed E-state index contributed by atoms with van der Waals surface area (Å²) in [5.41, 5.74) is 3.82. The molecule has 4 nitrogen and oxygen atoms in total. The first kappa shape index (κ1) is 20.0. The third-order valence-electron chi connectivity index (χ3n) is 5.41. The molecule has 7 heteroatoms. The molecule has 0 aliphatic carbocycles. The molecule has 0 bridgehead atoms. The summed E-state index contributed by atoms with van der Waals surface area (Å²) in [5.74, 6) is -0.516. The second kappa shape index (κ2) is 7.88. The third kappa shape index (κ3) is 4.07. The molecule has 1 aromatic heterocycles. The van der Waals surface area contributed by atoms with Gasteiger partial charge in [0.1, 0.15) is 5.82 Å². The number of thiazole rings is 1. The number of aryl methyl sites for hydroxylation is 2. The molecule has 2 aromatic carbocycles. The van der Waals surface area contributed by atoms with Crippen LogP contribution in [0.25, 0.3) is 11.3 Å². The molecule has 1 fully saturated rings. The van der Waals surface area contributed by atoms with Gasteiger partial charge in [0.25, 0.3) is 0 Å². The van der Waals surface area contributed by atoms with Gasteiger partial charge in [-0.2, -0.15) is 0 Å². The molecule has 3 aromatic rings. The first-order valence-corrected chi connectivity index (χ1v) is 12.0. The Balaban J connectivity index is 1.48. The number of piperidine rings is 1. The lowest BCUT2D eigenvalue weighted by Crippen LogP contribution is -2.39. The van der Waals surface area contributed by atoms with Crippen molar-refractivity contribution in [1.82, 2.24) is 4.98 Å². The first-order chi connectivity index (χ1) is 13.8. The molecule has 4 rings (SSSR count). The Morgan fingerprint density at radius 3 is 2.59 bits per heavy atom. The second-order valence-corrected chi connectivity index (χ2v) is 10.6. The molecule has 0 unspecified atom stereocenters. The van der Waals surface area contributed by atoms with Gasteiger partial charge < -0.3 is 4.90 Å². The summed E-state index contributed by atoms with van der Waals surface area (Å²) in [6, 6.07) is 12.2. The topological polar surface area (TPSA) is 50.3 Å². The van der Waals surface area contributed by atoms with E-state index in [9.17, 15) is 12.8 Å². The molecule has 0 radical (unpaired) electrons. The monoisotopic (exact) mass is 430 g/mol. The summed E-state index contributed by atoms with van der Waals surface area (Å²) >= 11 is 1.58. The normalized spacial score (nSPS) is 15.6. The second-order valence-electron chi connectivity index (χ2n) is 7.53. The Labute approximate surface area is 175 Å². The Morgan fingerprint density at radius 2 is 1.86 bits per heavy atom. The number of hydrogen-bond donors (Lipinski definition) is 0. The standard InChI is InChI=1S/C22H23FN2O2S2/c1-15-4-3-5-17(12-15)20-14-28-22(24-20)25-10-8-19(9-11-25)29(26,27)21-13-18(23)7-6-16(21)2/h3-7,12-14,19H,8-11H2,1-2H3. The number of hydrogen-bond acceptors (Lipinski definition) is 5. The molecule has 0 N–H and O–H groups in total. The summed E-state index contributed by atoms with van der Waals surface area (Å²) in [6.07, 6.45) is 1.02. The predicted octanol–water partition coefficient (Wildman–Crippen LogP) is 5.01. The lowest BCUT2D eigenvalue weighted by molar-refractivity contribution is 0.528. The number of anilines is 1. The van der Waals surface area contributed by atoms with Crippen molar-refractivity contribution in [2.45, 2.75) is 36.8 Å². The highest BCUT2D eigenvalue weighted by Crippen LogP contribution is 2.32. The minimum Gasteiger partial charge on any atom is -0.348 e. The van der Waals surface area contributed by atoms with Crippen molar-refractivity contribution in [3.05, 3.63) is 64.8 Å². The van der Waals surface area contributed by atoms with Crippen molar-refractivity contribution in [1.29, 1.82) is 0 Å². The smallest absolute Gasteiger partial charge is 0.185 e. The van der Waals surface area contributed by atoms with Crippen LogP contribution in [-0.4, -0.2) is 31.7 Å². The average Bonchev–Trinajstić information content (AvgIpc) is 3.20. The lowest BCUT2D eigenvalue weighted by atomic mass is 10.1.